The number of para-hydroxylation sites is 1. The molecule has 0 aliphatic rings. The monoisotopic (exact) mass is 366 g/mol. The summed E-state index contributed by atoms with van der Waals surface area (Å²) < 4.78 is 0. The minimum atomic E-state index is -0.113. The van der Waals surface area contributed by atoms with E-state index < -0.39 is 0 Å². The van der Waals surface area contributed by atoms with E-state index in [1.54, 1.807) is 0 Å². The average Bonchev–Trinajstić information content (AvgIpc) is 2.69. The van der Waals surface area contributed by atoms with Crippen LogP contribution in [0.15, 0.2) is 72.8 Å². The van der Waals surface area contributed by atoms with Crippen molar-refractivity contribution >= 4 is 22.5 Å². The number of carbonyl (C=O) groups excluding carboxylic acids is 1. The fourth-order valence-electron chi connectivity index (χ4n) is 3.70. The minimum Gasteiger partial charge on any atom is -0.322 e. The zero-order valence-electron chi connectivity index (χ0n) is 16.3. The zero-order chi connectivity index (χ0) is 19.7. The van der Waals surface area contributed by atoms with E-state index in [1.807, 2.05) is 81.4 Å². The molecule has 3 heteroatoms. The van der Waals surface area contributed by atoms with E-state index in [9.17, 15) is 4.79 Å². The normalized spacial score (nSPS) is 10.8. The summed E-state index contributed by atoms with van der Waals surface area (Å²) in [4.78, 5) is 18.3. The Morgan fingerprint density at radius 2 is 1.50 bits per heavy atom. The van der Waals surface area contributed by atoms with E-state index in [-0.39, 0.29) is 5.91 Å². The van der Waals surface area contributed by atoms with Gasteiger partial charge in [0.25, 0.3) is 5.91 Å². The highest BCUT2D eigenvalue weighted by molar-refractivity contribution is 6.15. The van der Waals surface area contributed by atoms with Gasteiger partial charge in [-0.05, 0) is 50.1 Å². The van der Waals surface area contributed by atoms with Gasteiger partial charge in [0, 0.05) is 16.6 Å². The van der Waals surface area contributed by atoms with Crippen molar-refractivity contribution in [1.29, 1.82) is 0 Å². The van der Waals surface area contributed by atoms with Crippen LogP contribution < -0.4 is 5.32 Å². The lowest BCUT2D eigenvalue weighted by atomic mass is 9.94. The number of hydrogen-bond donors (Lipinski definition) is 1. The average molecular weight is 366 g/mol. The van der Waals surface area contributed by atoms with Crippen molar-refractivity contribution in [2.75, 3.05) is 5.32 Å². The van der Waals surface area contributed by atoms with Crippen LogP contribution in [-0.4, -0.2) is 10.9 Å². The number of anilines is 1. The molecule has 28 heavy (non-hydrogen) atoms. The lowest BCUT2D eigenvalue weighted by Crippen LogP contribution is -2.15. The van der Waals surface area contributed by atoms with Crippen LogP contribution in [0.4, 0.5) is 5.69 Å². The van der Waals surface area contributed by atoms with Crippen molar-refractivity contribution in [3.63, 3.8) is 0 Å². The number of benzene rings is 3. The van der Waals surface area contributed by atoms with Gasteiger partial charge in [-0.3, -0.25) is 4.79 Å². The lowest BCUT2D eigenvalue weighted by Gasteiger charge is -2.16. The van der Waals surface area contributed by atoms with Gasteiger partial charge < -0.3 is 5.32 Å². The maximum Gasteiger partial charge on any atom is 0.256 e. The predicted molar refractivity (Wildman–Crippen MR) is 116 cm³/mol. The number of rotatable bonds is 3. The SMILES string of the molecule is Cc1cc(C)c2nc(-c3ccccc3)c(C)c(C(=O)Nc3ccccc3)c2c1. The molecule has 1 N–H and O–H groups in total. The minimum absolute atomic E-state index is 0.113. The number of aromatic nitrogens is 1. The van der Waals surface area contributed by atoms with Crippen LogP contribution in [0.1, 0.15) is 27.0 Å². The Kier molecular flexibility index (Phi) is 4.66. The van der Waals surface area contributed by atoms with Crippen molar-refractivity contribution in [3.05, 3.63) is 95.1 Å². The van der Waals surface area contributed by atoms with E-state index in [2.05, 4.69) is 17.4 Å². The summed E-state index contributed by atoms with van der Waals surface area (Å²) in [5, 5.41) is 3.93. The number of amides is 1. The van der Waals surface area contributed by atoms with Crippen molar-refractivity contribution in [3.8, 4) is 11.3 Å². The number of nitrogens with zero attached hydrogens (tertiary/aromatic N) is 1. The third kappa shape index (κ3) is 3.27. The molecule has 0 unspecified atom stereocenters. The molecule has 0 radical (unpaired) electrons. The van der Waals surface area contributed by atoms with Gasteiger partial charge in [0.05, 0.1) is 16.8 Å². The molecular formula is C25H22N2O. The van der Waals surface area contributed by atoms with Crippen molar-refractivity contribution in [2.24, 2.45) is 0 Å². The van der Waals surface area contributed by atoms with Crippen LogP contribution in [0.25, 0.3) is 22.2 Å². The molecule has 0 aliphatic carbocycles. The Bertz CT molecular complexity index is 1170. The van der Waals surface area contributed by atoms with Crippen LogP contribution in [0.3, 0.4) is 0 Å². The summed E-state index contributed by atoms with van der Waals surface area (Å²) in [5.74, 6) is -0.113. The van der Waals surface area contributed by atoms with E-state index in [0.29, 0.717) is 5.56 Å². The Morgan fingerprint density at radius 3 is 2.18 bits per heavy atom. The maximum atomic E-state index is 13.3. The molecule has 0 spiro atoms. The number of nitrogens with one attached hydrogen (secondary N) is 1. The van der Waals surface area contributed by atoms with Crippen LogP contribution in [-0.2, 0) is 0 Å². The van der Waals surface area contributed by atoms with E-state index in [0.717, 1.165) is 44.5 Å². The molecule has 138 valence electrons. The van der Waals surface area contributed by atoms with Crippen molar-refractivity contribution in [1.82, 2.24) is 4.98 Å². The highest BCUT2D eigenvalue weighted by Gasteiger charge is 2.20. The fraction of sp³-hybridized carbons (Fsp3) is 0.120. The molecule has 0 atom stereocenters. The van der Waals surface area contributed by atoms with Crippen molar-refractivity contribution in [2.45, 2.75) is 20.8 Å². The van der Waals surface area contributed by atoms with Gasteiger partial charge in [-0.2, -0.15) is 0 Å². The lowest BCUT2D eigenvalue weighted by molar-refractivity contribution is 0.102. The summed E-state index contributed by atoms with van der Waals surface area (Å²) in [6.07, 6.45) is 0. The van der Waals surface area contributed by atoms with E-state index in [1.165, 1.54) is 0 Å². The number of carbonyl (C=O) groups is 1. The first-order chi connectivity index (χ1) is 13.5. The molecule has 1 amide bonds. The van der Waals surface area contributed by atoms with Gasteiger partial charge in [0.2, 0.25) is 0 Å². The molecule has 3 aromatic carbocycles. The second-order valence-corrected chi connectivity index (χ2v) is 7.12. The van der Waals surface area contributed by atoms with Gasteiger partial charge in [-0.1, -0.05) is 60.2 Å². The number of pyridine rings is 1. The van der Waals surface area contributed by atoms with Gasteiger partial charge in [-0.25, -0.2) is 4.98 Å². The molecule has 4 rings (SSSR count). The molecule has 0 saturated carbocycles. The van der Waals surface area contributed by atoms with Crippen LogP contribution >= 0.6 is 0 Å². The Labute approximate surface area is 165 Å². The largest absolute Gasteiger partial charge is 0.322 e. The molecule has 0 bridgehead atoms. The number of hydrogen-bond acceptors (Lipinski definition) is 2. The Hall–Kier alpha value is -3.46. The third-order valence-corrected chi connectivity index (χ3v) is 4.97. The van der Waals surface area contributed by atoms with Crippen LogP contribution in [0.2, 0.25) is 0 Å². The van der Waals surface area contributed by atoms with Gasteiger partial charge >= 0.3 is 0 Å². The quantitative estimate of drug-likeness (QED) is 0.477. The predicted octanol–water partition coefficient (Wildman–Crippen LogP) is 6.08. The van der Waals surface area contributed by atoms with E-state index in [4.69, 9.17) is 4.98 Å². The maximum absolute atomic E-state index is 13.3. The highest BCUT2D eigenvalue weighted by Crippen LogP contribution is 2.32. The molecule has 1 aromatic heterocycles. The molecule has 0 saturated heterocycles. The number of aryl methyl sites for hydroxylation is 2. The molecule has 3 nitrogen and oxygen atoms in total. The summed E-state index contributed by atoms with van der Waals surface area (Å²) >= 11 is 0. The van der Waals surface area contributed by atoms with Gasteiger partial charge in [0.1, 0.15) is 0 Å². The standard InChI is InChI=1S/C25H22N2O/c1-16-14-17(2)23-21(15-16)22(25(28)26-20-12-8-5-9-13-20)18(3)24(27-23)19-10-6-4-7-11-19/h4-15H,1-3H3,(H,26,28). The first-order valence-electron chi connectivity index (χ1n) is 9.38. The first-order valence-corrected chi connectivity index (χ1v) is 9.38. The summed E-state index contributed by atoms with van der Waals surface area (Å²) in [7, 11) is 0. The molecule has 1 heterocycles. The van der Waals surface area contributed by atoms with Gasteiger partial charge in [-0.15, -0.1) is 0 Å². The smallest absolute Gasteiger partial charge is 0.256 e. The summed E-state index contributed by atoms with van der Waals surface area (Å²) in [6.45, 7) is 6.07. The summed E-state index contributed by atoms with van der Waals surface area (Å²) in [6, 6.07) is 23.7. The Balaban J connectivity index is 1.97. The van der Waals surface area contributed by atoms with Crippen LogP contribution in [0, 0.1) is 20.8 Å². The second-order valence-electron chi connectivity index (χ2n) is 7.12. The third-order valence-electron chi connectivity index (χ3n) is 4.97. The Morgan fingerprint density at radius 1 is 0.857 bits per heavy atom. The summed E-state index contributed by atoms with van der Waals surface area (Å²) in [5.41, 5.74) is 7.26. The molecule has 0 fully saturated rings. The van der Waals surface area contributed by atoms with Crippen molar-refractivity contribution < 1.29 is 4.79 Å². The zero-order valence-corrected chi connectivity index (χ0v) is 16.3. The van der Waals surface area contributed by atoms with Gasteiger partial charge in [0.15, 0.2) is 0 Å². The second kappa shape index (κ2) is 7.28. The first kappa shape index (κ1) is 17.9. The molecule has 0 aliphatic heterocycles. The number of fused-ring (bicyclic) bond motifs is 1. The topological polar surface area (TPSA) is 42.0 Å². The fourth-order valence-corrected chi connectivity index (χ4v) is 3.70. The molecular weight excluding hydrogens is 344 g/mol. The molecule has 4 aromatic rings. The van der Waals surface area contributed by atoms with Crippen LogP contribution in [0.5, 0.6) is 0 Å². The van der Waals surface area contributed by atoms with E-state index >= 15 is 0 Å². The highest BCUT2D eigenvalue weighted by atomic mass is 16.1.